The summed E-state index contributed by atoms with van der Waals surface area (Å²) in [5, 5.41) is 13.6. The van der Waals surface area contributed by atoms with Crippen LogP contribution in [0.3, 0.4) is 0 Å². The third-order valence-electron chi connectivity index (χ3n) is 1.97. The topological polar surface area (TPSA) is 166 Å². The number of nitrogens with two attached hydrogens (primary N) is 3. The van der Waals surface area contributed by atoms with Gasteiger partial charge in [-0.05, 0) is 18.9 Å². The molecule has 0 radical (unpaired) electrons. The summed E-state index contributed by atoms with van der Waals surface area (Å²) in [6.45, 7) is 1.96. The van der Waals surface area contributed by atoms with E-state index in [2.05, 4.69) is 9.98 Å². The maximum Gasteiger partial charge on any atom is 0.291 e. The molecule has 0 spiro atoms. The standard InChI is InChI=1S/C11H17N5.HNO3/c1-8(15-11(14)16-10(12)13)7-9-5-3-2-4-6-9;2-1(3)4/h2-6,8H,7H2,1H3,(H6,12,13,14,15,16);(H,2,3,4). The van der Waals surface area contributed by atoms with Crippen LogP contribution in [0.4, 0.5) is 0 Å². The molecule has 20 heavy (non-hydrogen) atoms. The average Bonchev–Trinajstić information content (AvgIpc) is 2.27. The number of guanidine groups is 2. The highest BCUT2D eigenvalue weighted by molar-refractivity contribution is 5.92. The number of rotatable bonds is 3. The minimum absolute atomic E-state index is 0.0468. The Morgan fingerprint density at radius 1 is 1.35 bits per heavy atom. The van der Waals surface area contributed by atoms with E-state index in [1.807, 2.05) is 37.3 Å². The summed E-state index contributed by atoms with van der Waals surface area (Å²) in [6.07, 6.45) is 0.807. The van der Waals surface area contributed by atoms with Crippen molar-refractivity contribution in [3.63, 3.8) is 0 Å². The molecule has 0 heterocycles. The predicted octanol–water partition coefficient (Wildman–Crippen LogP) is -0.142. The zero-order valence-electron chi connectivity index (χ0n) is 11.0. The molecule has 1 atom stereocenters. The molecular formula is C11H18N6O3. The van der Waals surface area contributed by atoms with Gasteiger partial charge in [-0.1, -0.05) is 30.3 Å². The Morgan fingerprint density at radius 3 is 2.30 bits per heavy atom. The number of hydrogen-bond donors (Lipinski definition) is 4. The minimum atomic E-state index is -1.50. The van der Waals surface area contributed by atoms with Crippen molar-refractivity contribution in [2.45, 2.75) is 19.4 Å². The quantitative estimate of drug-likeness (QED) is 0.260. The normalized spacial score (nSPS) is 11.8. The van der Waals surface area contributed by atoms with Gasteiger partial charge >= 0.3 is 0 Å². The largest absolute Gasteiger partial charge is 0.370 e. The molecule has 0 aromatic heterocycles. The van der Waals surface area contributed by atoms with Crippen LogP contribution in [0, 0.1) is 10.1 Å². The SMILES string of the molecule is CC(Cc1ccccc1)N=C(N)N=C(N)N.O=[N+]([O-])O. The van der Waals surface area contributed by atoms with Crippen molar-refractivity contribution in [2.24, 2.45) is 27.2 Å². The van der Waals surface area contributed by atoms with Crippen molar-refractivity contribution in [3.8, 4) is 0 Å². The van der Waals surface area contributed by atoms with Crippen molar-refractivity contribution in [1.82, 2.24) is 0 Å². The van der Waals surface area contributed by atoms with Crippen LogP contribution in [0.2, 0.25) is 0 Å². The Hall–Kier alpha value is -2.84. The van der Waals surface area contributed by atoms with Crippen LogP contribution in [0.5, 0.6) is 0 Å². The molecule has 9 nitrogen and oxygen atoms in total. The first-order chi connectivity index (χ1) is 9.31. The fourth-order valence-corrected chi connectivity index (χ4v) is 1.39. The van der Waals surface area contributed by atoms with E-state index in [9.17, 15) is 0 Å². The molecule has 0 aliphatic carbocycles. The number of hydrogen-bond acceptors (Lipinski definition) is 3. The summed E-state index contributed by atoms with van der Waals surface area (Å²) in [4.78, 5) is 16.2. The summed E-state index contributed by atoms with van der Waals surface area (Å²) in [5.74, 6) is 0.0385. The fraction of sp³-hybridized carbons (Fsp3) is 0.273. The molecule has 0 saturated heterocycles. The van der Waals surface area contributed by atoms with Crippen LogP contribution in [0.15, 0.2) is 40.3 Å². The van der Waals surface area contributed by atoms with Crippen LogP contribution in [0.1, 0.15) is 12.5 Å². The highest BCUT2D eigenvalue weighted by Gasteiger charge is 2.01. The van der Waals surface area contributed by atoms with Crippen LogP contribution in [-0.2, 0) is 6.42 Å². The zero-order chi connectivity index (χ0) is 15.5. The highest BCUT2D eigenvalue weighted by Crippen LogP contribution is 2.05. The zero-order valence-corrected chi connectivity index (χ0v) is 11.0. The van der Waals surface area contributed by atoms with Gasteiger partial charge in [-0.25, -0.2) is 4.99 Å². The Bertz CT molecular complexity index is 466. The van der Waals surface area contributed by atoms with Crippen molar-refractivity contribution < 1.29 is 10.3 Å². The second kappa shape index (κ2) is 9.14. The third kappa shape index (κ3) is 10.3. The van der Waals surface area contributed by atoms with Crippen LogP contribution < -0.4 is 17.2 Å². The molecule has 0 amide bonds. The molecule has 0 fully saturated rings. The average molecular weight is 282 g/mol. The van der Waals surface area contributed by atoms with Gasteiger partial charge in [0.25, 0.3) is 5.09 Å². The predicted molar refractivity (Wildman–Crippen MR) is 75.8 cm³/mol. The Kier molecular flexibility index (Phi) is 7.84. The van der Waals surface area contributed by atoms with E-state index < -0.39 is 5.09 Å². The third-order valence-corrected chi connectivity index (χ3v) is 1.97. The van der Waals surface area contributed by atoms with Gasteiger partial charge in [0.2, 0.25) is 5.96 Å². The van der Waals surface area contributed by atoms with Crippen molar-refractivity contribution in [1.29, 1.82) is 0 Å². The summed E-state index contributed by atoms with van der Waals surface area (Å²) in [7, 11) is 0. The Labute approximate surface area is 115 Å². The second-order valence-electron chi connectivity index (χ2n) is 3.80. The molecule has 0 aliphatic heterocycles. The molecule has 1 aromatic rings. The van der Waals surface area contributed by atoms with Crippen LogP contribution >= 0.6 is 0 Å². The lowest BCUT2D eigenvalue weighted by molar-refractivity contribution is -0.742. The Morgan fingerprint density at radius 2 is 1.85 bits per heavy atom. The summed E-state index contributed by atoms with van der Waals surface area (Å²) in [5.41, 5.74) is 17.1. The molecule has 0 saturated carbocycles. The van der Waals surface area contributed by atoms with Gasteiger partial charge < -0.3 is 22.4 Å². The maximum atomic E-state index is 8.36. The molecule has 1 rings (SSSR count). The maximum absolute atomic E-state index is 8.36. The van der Waals surface area contributed by atoms with E-state index >= 15 is 0 Å². The minimum Gasteiger partial charge on any atom is -0.370 e. The van der Waals surface area contributed by atoms with Crippen LogP contribution in [-0.4, -0.2) is 28.3 Å². The molecule has 110 valence electrons. The second-order valence-corrected chi connectivity index (χ2v) is 3.80. The summed E-state index contributed by atoms with van der Waals surface area (Å²) < 4.78 is 0. The van der Waals surface area contributed by atoms with Crippen molar-refractivity contribution >= 4 is 11.9 Å². The van der Waals surface area contributed by atoms with Gasteiger partial charge in [0.15, 0.2) is 5.96 Å². The highest BCUT2D eigenvalue weighted by atomic mass is 16.9. The van der Waals surface area contributed by atoms with Gasteiger partial charge in [-0.2, -0.15) is 4.99 Å². The molecule has 0 aliphatic rings. The first-order valence-corrected chi connectivity index (χ1v) is 5.61. The van der Waals surface area contributed by atoms with Gasteiger partial charge in [-0.3, -0.25) is 0 Å². The fourth-order valence-electron chi connectivity index (χ4n) is 1.39. The molecule has 7 N–H and O–H groups in total. The van der Waals surface area contributed by atoms with Gasteiger partial charge in [0.1, 0.15) is 0 Å². The smallest absolute Gasteiger partial charge is 0.291 e. The van der Waals surface area contributed by atoms with E-state index in [4.69, 9.17) is 32.5 Å². The van der Waals surface area contributed by atoms with E-state index in [1.165, 1.54) is 5.56 Å². The van der Waals surface area contributed by atoms with Gasteiger partial charge in [-0.15, -0.1) is 10.1 Å². The molecule has 1 aromatic carbocycles. The van der Waals surface area contributed by atoms with Crippen molar-refractivity contribution in [3.05, 3.63) is 46.0 Å². The molecule has 0 bridgehead atoms. The first-order valence-electron chi connectivity index (χ1n) is 5.61. The first kappa shape index (κ1) is 17.2. The number of nitrogens with zero attached hydrogens (tertiary/aromatic N) is 3. The van der Waals surface area contributed by atoms with E-state index in [0.29, 0.717) is 0 Å². The van der Waals surface area contributed by atoms with E-state index in [1.54, 1.807) is 0 Å². The summed E-state index contributed by atoms with van der Waals surface area (Å²) in [6, 6.07) is 10.1. The molecule has 1 unspecified atom stereocenters. The van der Waals surface area contributed by atoms with Gasteiger partial charge in [0.05, 0.1) is 6.04 Å². The number of aliphatic imine (C=N–C) groups is 2. The molecular weight excluding hydrogens is 264 g/mol. The lowest BCUT2D eigenvalue weighted by atomic mass is 10.1. The lowest BCUT2D eigenvalue weighted by Crippen LogP contribution is -2.27. The van der Waals surface area contributed by atoms with E-state index in [0.717, 1.165) is 6.42 Å². The lowest BCUT2D eigenvalue weighted by Gasteiger charge is -2.06. The van der Waals surface area contributed by atoms with Crippen LogP contribution in [0.25, 0.3) is 0 Å². The Balaban J connectivity index is 0.000000796. The molecule has 9 heteroatoms. The van der Waals surface area contributed by atoms with Gasteiger partial charge in [0, 0.05) is 0 Å². The number of benzene rings is 1. The van der Waals surface area contributed by atoms with E-state index in [-0.39, 0.29) is 18.0 Å². The summed E-state index contributed by atoms with van der Waals surface area (Å²) >= 11 is 0. The monoisotopic (exact) mass is 282 g/mol. The van der Waals surface area contributed by atoms with Crippen molar-refractivity contribution in [2.75, 3.05) is 0 Å².